The molecule has 0 saturated heterocycles. The summed E-state index contributed by atoms with van der Waals surface area (Å²) in [6.07, 6.45) is 1.01. The smallest absolute Gasteiger partial charge is 0.0710 e. The second kappa shape index (κ2) is 5.27. The second-order valence-corrected chi connectivity index (χ2v) is 6.45. The lowest BCUT2D eigenvalue weighted by atomic mass is 10.3. The number of hydrogen-bond acceptors (Lipinski definition) is 3. The summed E-state index contributed by atoms with van der Waals surface area (Å²) in [5.74, 6) is 0. The fraction of sp³-hybridized carbons (Fsp3) is 0.500. The zero-order chi connectivity index (χ0) is 8.97. The van der Waals surface area contributed by atoms with Gasteiger partial charge in [-0.15, -0.1) is 23.1 Å². The maximum absolute atomic E-state index is 8.97. The van der Waals surface area contributed by atoms with E-state index in [1.807, 2.05) is 6.07 Å². The lowest BCUT2D eigenvalue weighted by Crippen LogP contribution is -2.05. The summed E-state index contributed by atoms with van der Waals surface area (Å²) in [7, 11) is 0. The summed E-state index contributed by atoms with van der Waals surface area (Å²) in [6.45, 7) is 2.35. The third kappa shape index (κ3) is 3.09. The van der Waals surface area contributed by atoms with Gasteiger partial charge in [0.1, 0.15) is 0 Å². The number of rotatable bonds is 4. The quantitative estimate of drug-likeness (QED) is 0.844. The van der Waals surface area contributed by atoms with Crippen LogP contribution in [0.1, 0.15) is 13.3 Å². The Morgan fingerprint density at radius 2 is 2.42 bits per heavy atom. The molecule has 0 saturated carbocycles. The molecule has 0 aliphatic carbocycles. The normalized spacial score (nSPS) is 13.2. The minimum atomic E-state index is 0.261. The highest BCUT2D eigenvalue weighted by molar-refractivity contribution is 9.11. The molecule has 0 aliphatic rings. The van der Waals surface area contributed by atoms with E-state index in [0.717, 1.165) is 10.2 Å². The highest BCUT2D eigenvalue weighted by atomic mass is 79.9. The molecule has 1 N–H and O–H groups in total. The number of aliphatic hydroxyl groups excluding tert-OH is 1. The van der Waals surface area contributed by atoms with Crippen molar-refractivity contribution in [2.24, 2.45) is 0 Å². The standard InChI is InChI=1S/C8H11BrOS2/c1-2-6(5-10)11-8-4-3-7(9)12-8/h3-4,6,10H,2,5H2,1H3. The minimum absolute atomic E-state index is 0.261. The van der Waals surface area contributed by atoms with E-state index in [1.54, 1.807) is 23.1 Å². The Kier molecular flexibility index (Phi) is 4.64. The molecule has 0 spiro atoms. The first-order chi connectivity index (χ1) is 5.76. The molecule has 0 aromatic carbocycles. The van der Waals surface area contributed by atoms with Gasteiger partial charge >= 0.3 is 0 Å². The van der Waals surface area contributed by atoms with Crippen molar-refractivity contribution in [3.8, 4) is 0 Å². The Labute approximate surface area is 89.3 Å². The molecule has 4 heteroatoms. The zero-order valence-corrected chi connectivity index (χ0v) is 10.0. The van der Waals surface area contributed by atoms with Crippen LogP contribution in [0, 0.1) is 0 Å². The summed E-state index contributed by atoms with van der Waals surface area (Å²) >= 11 is 6.87. The van der Waals surface area contributed by atoms with Gasteiger partial charge in [-0.25, -0.2) is 0 Å². The predicted molar refractivity (Wildman–Crippen MR) is 59.0 cm³/mol. The van der Waals surface area contributed by atoms with Crippen LogP contribution >= 0.6 is 39.0 Å². The summed E-state index contributed by atoms with van der Waals surface area (Å²) in [4.78, 5) is 0. The number of halogens is 1. The minimum Gasteiger partial charge on any atom is -0.395 e. The Balaban J connectivity index is 2.50. The van der Waals surface area contributed by atoms with Crippen LogP contribution in [0.5, 0.6) is 0 Å². The van der Waals surface area contributed by atoms with E-state index in [0.29, 0.717) is 5.25 Å². The fourth-order valence-electron chi connectivity index (χ4n) is 0.775. The summed E-state index contributed by atoms with van der Waals surface area (Å²) in [6, 6.07) is 4.12. The summed E-state index contributed by atoms with van der Waals surface area (Å²) < 4.78 is 2.42. The molecule has 68 valence electrons. The van der Waals surface area contributed by atoms with Crippen LogP contribution in [-0.2, 0) is 0 Å². The average molecular weight is 267 g/mol. The fourth-order valence-corrected chi connectivity index (χ4v) is 3.80. The van der Waals surface area contributed by atoms with Gasteiger partial charge in [-0.1, -0.05) is 6.92 Å². The van der Waals surface area contributed by atoms with Crippen molar-refractivity contribution in [1.29, 1.82) is 0 Å². The first-order valence-corrected chi connectivity index (χ1v) is 6.28. The third-order valence-corrected chi connectivity index (χ3v) is 4.63. The lowest BCUT2D eigenvalue weighted by molar-refractivity contribution is 0.292. The molecular weight excluding hydrogens is 256 g/mol. The topological polar surface area (TPSA) is 20.2 Å². The van der Waals surface area contributed by atoms with E-state index in [9.17, 15) is 0 Å². The molecule has 1 aromatic rings. The molecule has 0 fully saturated rings. The SMILES string of the molecule is CCC(CO)Sc1ccc(Br)s1. The number of hydrogen-bond donors (Lipinski definition) is 1. The first-order valence-electron chi connectivity index (χ1n) is 3.79. The summed E-state index contributed by atoms with van der Waals surface area (Å²) in [5.41, 5.74) is 0. The second-order valence-electron chi connectivity index (χ2n) is 2.39. The van der Waals surface area contributed by atoms with E-state index in [1.165, 1.54) is 4.21 Å². The van der Waals surface area contributed by atoms with Gasteiger partial charge in [0.25, 0.3) is 0 Å². The van der Waals surface area contributed by atoms with Crippen LogP contribution in [0.25, 0.3) is 0 Å². The maximum atomic E-state index is 8.97. The van der Waals surface area contributed by atoms with E-state index in [2.05, 4.69) is 28.9 Å². The number of thioether (sulfide) groups is 1. The van der Waals surface area contributed by atoms with Crippen LogP contribution in [0.15, 0.2) is 20.1 Å². The predicted octanol–water partition coefficient (Wildman–Crippen LogP) is 3.37. The van der Waals surface area contributed by atoms with Crippen molar-refractivity contribution < 1.29 is 5.11 Å². The van der Waals surface area contributed by atoms with Crippen LogP contribution < -0.4 is 0 Å². The van der Waals surface area contributed by atoms with Gasteiger partial charge in [0.15, 0.2) is 0 Å². The van der Waals surface area contributed by atoms with Crippen LogP contribution in [0.2, 0.25) is 0 Å². The van der Waals surface area contributed by atoms with Gasteiger partial charge in [0.2, 0.25) is 0 Å². The number of thiophene rings is 1. The molecule has 1 aromatic heterocycles. The van der Waals surface area contributed by atoms with Crippen molar-refractivity contribution in [1.82, 2.24) is 0 Å². The molecular formula is C8H11BrOS2. The molecule has 1 heterocycles. The maximum Gasteiger partial charge on any atom is 0.0710 e. The van der Waals surface area contributed by atoms with E-state index < -0.39 is 0 Å². The first kappa shape index (κ1) is 10.6. The Morgan fingerprint density at radius 1 is 1.67 bits per heavy atom. The molecule has 0 amide bonds. The molecule has 1 rings (SSSR count). The van der Waals surface area contributed by atoms with Gasteiger partial charge in [-0.3, -0.25) is 0 Å². The number of aliphatic hydroxyl groups is 1. The average Bonchev–Trinajstić information content (AvgIpc) is 2.47. The monoisotopic (exact) mass is 266 g/mol. The molecule has 1 nitrogen and oxygen atoms in total. The van der Waals surface area contributed by atoms with Gasteiger partial charge < -0.3 is 5.11 Å². The van der Waals surface area contributed by atoms with E-state index in [-0.39, 0.29) is 6.61 Å². The molecule has 1 unspecified atom stereocenters. The van der Waals surface area contributed by atoms with Gasteiger partial charge in [-0.2, -0.15) is 0 Å². The van der Waals surface area contributed by atoms with Crippen molar-refractivity contribution in [2.45, 2.75) is 22.8 Å². The van der Waals surface area contributed by atoms with E-state index in [4.69, 9.17) is 5.11 Å². The highest BCUT2D eigenvalue weighted by Crippen LogP contribution is 2.33. The van der Waals surface area contributed by atoms with Gasteiger partial charge in [-0.05, 0) is 34.5 Å². The zero-order valence-electron chi connectivity index (χ0n) is 6.79. The van der Waals surface area contributed by atoms with Crippen LogP contribution in [0.4, 0.5) is 0 Å². The van der Waals surface area contributed by atoms with Crippen LogP contribution in [0.3, 0.4) is 0 Å². The molecule has 1 atom stereocenters. The van der Waals surface area contributed by atoms with Gasteiger partial charge in [0.05, 0.1) is 14.6 Å². The van der Waals surface area contributed by atoms with Gasteiger partial charge in [0, 0.05) is 5.25 Å². The van der Waals surface area contributed by atoms with Crippen LogP contribution in [-0.4, -0.2) is 17.0 Å². The van der Waals surface area contributed by atoms with Crippen molar-refractivity contribution in [3.63, 3.8) is 0 Å². The van der Waals surface area contributed by atoms with Crippen molar-refractivity contribution in [3.05, 3.63) is 15.9 Å². The molecule has 0 aliphatic heterocycles. The van der Waals surface area contributed by atoms with Crippen molar-refractivity contribution in [2.75, 3.05) is 6.61 Å². The largest absolute Gasteiger partial charge is 0.395 e. The molecule has 0 radical (unpaired) electrons. The Hall–Kier alpha value is 0.490. The third-order valence-electron chi connectivity index (χ3n) is 1.49. The van der Waals surface area contributed by atoms with Crippen molar-refractivity contribution >= 4 is 39.0 Å². The Bertz CT molecular complexity index is 233. The van der Waals surface area contributed by atoms with E-state index >= 15 is 0 Å². The lowest BCUT2D eigenvalue weighted by Gasteiger charge is -2.08. The Morgan fingerprint density at radius 3 is 2.83 bits per heavy atom. The molecule has 12 heavy (non-hydrogen) atoms. The molecule has 0 bridgehead atoms. The highest BCUT2D eigenvalue weighted by Gasteiger charge is 2.07. The summed E-state index contributed by atoms with van der Waals surface area (Å²) in [5, 5.41) is 9.31.